The largest absolute Gasteiger partial charge is 0.468 e. The fourth-order valence-electron chi connectivity index (χ4n) is 4.58. The zero-order valence-electron chi connectivity index (χ0n) is 17.5. The number of hydrogen-bond acceptors (Lipinski definition) is 6. The number of benzene rings is 1. The molecule has 1 aromatic rings. The predicted octanol–water partition coefficient (Wildman–Crippen LogP) is 3.38. The molecule has 0 amide bonds. The van der Waals surface area contributed by atoms with Gasteiger partial charge < -0.3 is 9.47 Å². The van der Waals surface area contributed by atoms with Crippen molar-refractivity contribution in [2.24, 2.45) is 22.7 Å². The standard InChI is InChI=1S/C23H27NO5/c1-6-29-23(27)18-14(4)24-16-11-13(3)17(22(26)28-5)21(25)20(16)19(18)15-10-8-7-9-12(15)2/h7-10,13,17,19-20H,6,11H2,1-5H3/t13-,17-,19-,20-/m1/s1. The summed E-state index contributed by atoms with van der Waals surface area (Å²) in [4.78, 5) is 43.4. The molecule has 0 bridgehead atoms. The lowest BCUT2D eigenvalue weighted by molar-refractivity contribution is -0.152. The van der Waals surface area contributed by atoms with Gasteiger partial charge in [0.15, 0.2) is 5.78 Å². The summed E-state index contributed by atoms with van der Waals surface area (Å²) in [7, 11) is 1.29. The number of rotatable bonds is 4. The number of esters is 2. The highest BCUT2D eigenvalue weighted by Crippen LogP contribution is 2.46. The Labute approximate surface area is 171 Å². The molecule has 1 aliphatic heterocycles. The summed E-state index contributed by atoms with van der Waals surface area (Å²) in [6.45, 7) is 7.57. The van der Waals surface area contributed by atoms with E-state index >= 15 is 0 Å². The van der Waals surface area contributed by atoms with Crippen molar-refractivity contribution < 1.29 is 23.9 Å². The molecule has 6 heteroatoms. The van der Waals surface area contributed by atoms with Crippen LogP contribution < -0.4 is 0 Å². The summed E-state index contributed by atoms with van der Waals surface area (Å²) in [5, 5.41) is 0. The Bertz CT molecular complexity index is 914. The quantitative estimate of drug-likeness (QED) is 0.575. The van der Waals surface area contributed by atoms with Gasteiger partial charge in [0.2, 0.25) is 0 Å². The van der Waals surface area contributed by atoms with E-state index in [-0.39, 0.29) is 18.3 Å². The zero-order chi connectivity index (χ0) is 21.3. The molecule has 0 unspecified atom stereocenters. The van der Waals surface area contributed by atoms with Gasteiger partial charge in [-0.15, -0.1) is 0 Å². The molecule has 29 heavy (non-hydrogen) atoms. The molecule has 0 N–H and O–H groups in total. The van der Waals surface area contributed by atoms with Gasteiger partial charge in [-0.3, -0.25) is 14.6 Å². The van der Waals surface area contributed by atoms with Crippen LogP contribution in [0.15, 0.2) is 40.5 Å². The number of ether oxygens (including phenoxy) is 2. The molecule has 1 aliphatic carbocycles. The average Bonchev–Trinajstić information content (AvgIpc) is 2.67. The Balaban J connectivity index is 2.20. The van der Waals surface area contributed by atoms with Crippen molar-refractivity contribution in [1.29, 1.82) is 0 Å². The lowest BCUT2D eigenvalue weighted by atomic mass is 9.63. The number of fused-ring (bicyclic) bond motifs is 1. The first-order valence-corrected chi connectivity index (χ1v) is 9.94. The van der Waals surface area contributed by atoms with Gasteiger partial charge in [0, 0.05) is 17.3 Å². The van der Waals surface area contributed by atoms with Crippen molar-refractivity contribution >= 4 is 23.4 Å². The average molecular weight is 397 g/mol. The van der Waals surface area contributed by atoms with Crippen molar-refractivity contribution in [1.82, 2.24) is 0 Å². The molecular weight excluding hydrogens is 370 g/mol. The van der Waals surface area contributed by atoms with E-state index in [1.54, 1.807) is 13.8 Å². The van der Waals surface area contributed by atoms with Gasteiger partial charge in [-0.25, -0.2) is 4.79 Å². The van der Waals surface area contributed by atoms with Crippen LogP contribution in [0.4, 0.5) is 0 Å². The number of carbonyl (C=O) groups excluding carboxylic acids is 3. The third kappa shape index (κ3) is 3.63. The maximum absolute atomic E-state index is 13.5. The number of allylic oxidation sites excluding steroid dienone is 1. The fourth-order valence-corrected chi connectivity index (χ4v) is 4.58. The number of methoxy groups -OCH3 is 1. The number of hydrogen-bond donors (Lipinski definition) is 0. The maximum atomic E-state index is 13.5. The Morgan fingerprint density at radius 2 is 1.86 bits per heavy atom. The van der Waals surface area contributed by atoms with Crippen molar-refractivity contribution in [3.05, 3.63) is 46.7 Å². The Morgan fingerprint density at radius 1 is 1.17 bits per heavy atom. The second-order valence-electron chi connectivity index (χ2n) is 7.72. The number of aliphatic imine (C=N–C) groups is 1. The monoisotopic (exact) mass is 397 g/mol. The van der Waals surface area contributed by atoms with Crippen molar-refractivity contribution in [3.63, 3.8) is 0 Å². The highest BCUT2D eigenvalue weighted by molar-refractivity contribution is 6.17. The molecule has 1 saturated carbocycles. The molecule has 1 aromatic carbocycles. The summed E-state index contributed by atoms with van der Waals surface area (Å²) in [6, 6.07) is 7.68. The summed E-state index contributed by atoms with van der Waals surface area (Å²) >= 11 is 0. The van der Waals surface area contributed by atoms with E-state index in [4.69, 9.17) is 9.47 Å². The maximum Gasteiger partial charge on any atom is 0.336 e. The summed E-state index contributed by atoms with van der Waals surface area (Å²) in [5.41, 5.74) is 3.52. The molecule has 1 fully saturated rings. The van der Waals surface area contributed by atoms with E-state index in [9.17, 15) is 14.4 Å². The van der Waals surface area contributed by atoms with Gasteiger partial charge in [0.1, 0.15) is 5.92 Å². The molecule has 1 heterocycles. The molecule has 2 aliphatic rings. The molecule has 0 spiro atoms. The first-order valence-electron chi connectivity index (χ1n) is 9.94. The molecule has 0 saturated heterocycles. The van der Waals surface area contributed by atoms with Crippen molar-refractivity contribution in [2.75, 3.05) is 13.7 Å². The van der Waals surface area contributed by atoms with E-state index < -0.39 is 29.7 Å². The second-order valence-corrected chi connectivity index (χ2v) is 7.72. The van der Waals surface area contributed by atoms with Gasteiger partial charge in [-0.2, -0.15) is 0 Å². The van der Waals surface area contributed by atoms with Crippen LogP contribution in [-0.2, 0) is 23.9 Å². The summed E-state index contributed by atoms with van der Waals surface area (Å²) < 4.78 is 10.2. The van der Waals surface area contributed by atoms with Crippen LogP contribution in [0.25, 0.3) is 0 Å². The zero-order valence-corrected chi connectivity index (χ0v) is 17.5. The first-order chi connectivity index (χ1) is 13.8. The van der Waals surface area contributed by atoms with Crippen LogP contribution in [-0.4, -0.2) is 37.2 Å². The van der Waals surface area contributed by atoms with Gasteiger partial charge in [0.25, 0.3) is 0 Å². The van der Waals surface area contributed by atoms with Crippen molar-refractivity contribution in [2.45, 2.75) is 40.0 Å². The molecule has 6 nitrogen and oxygen atoms in total. The second kappa shape index (κ2) is 8.31. The topological polar surface area (TPSA) is 82.0 Å². The number of aryl methyl sites for hydroxylation is 1. The van der Waals surface area contributed by atoms with Gasteiger partial charge >= 0.3 is 11.9 Å². The Kier molecular flexibility index (Phi) is 6.01. The van der Waals surface area contributed by atoms with Crippen LogP contribution in [0.5, 0.6) is 0 Å². The number of ketones is 1. The van der Waals surface area contributed by atoms with Gasteiger partial charge in [0.05, 0.1) is 25.2 Å². The van der Waals surface area contributed by atoms with E-state index in [2.05, 4.69) is 4.99 Å². The van der Waals surface area contributed by atoms with Crippen LogP contribution in [0.1, 0.15) is 44.2 Å². The third-order valence-corrected chi connectivity index (χ3v) is 5.89. The highest BCUT2D eigenvalue weighted by Gasteiger charge is 2.51. The summed E-state index contributed by atoms with van der Waals surface area (Å²) in [6.07, 6.45) is 0.506. The highest BCUT2D eigenvalue weighted by atomic mass is 16.5. The minimum Gasteiger partial charge on any atom is -0.468 e. The van der Waals surface area contributed by atoms with Gasteiger partial charge in [-0.05, 0) is 44.2 Å². The normalized spacial score (nSPS) is 26.5. The lowest BCUT2D eigenvalue weighted by Crippen LogP contribution is -2.48. The van der Waals surface area contributed by atoms with E-state index in [1.165, 1.54) is 7.11 Å². The third-order valence-electron chi connectivity index (χ3n) is 5.89. The van der Waals surface area contributed by atoms with Gasteiger partial charge in [-0.1, -0.05) is 31.2 Å². The Hall–Kier alpha value is -2.76. The fraction of sp³-hybridized carbons (Fsp3) is 0.478. The van der Waals surface area contributed by atoms with E-state index in [1.807, 2.05) is 38.1 Å². The molecule has 3 rings (SSSR count). The lowest BCUT2D eigenvalue weighted by Gasteiger charge is -2.40. The van der Waals surface area contributed by atoms with Crippen LogP contribution in [0, 0.1) is 24.7 Å². The minimum absolute atomic E-state index is 0.209. The smallest absolute Gasteiger partial charge is 0.336 e. The molecule has 0 radical (unpaired) electrons. The number of nitrogens with zero attached hydrogens (tertiary/aromatic N) is 1. The number of carbonyl (C=O) groups is 3. The Morgan fingerprint density at radius 3 is 2.48 bits per heavy atom. The minimum atomic E-state index is -0.864. The van der Waals surface area contributed by atoms with Crippen LogP contribution in [0.3, 0.4) is 0 Å². The number of Topliss-reactive ketones (excluding diaryl/α,β-unsaturated/α-hetero) is 1. The summed E-state index contributed by atoms with van der Waals surface area (Å²) in [5.74, 6) is -3.53. The van der Waals surface area contributed by atoms with E-state index in [0.29, 0.717) is 17.7 Å². The molecule has 0 aromatic heterocycles. The molecular formula is C23H27NO5. The molecule has 154 valence electrons. The van der Waals surface area contributed by atoms with Crippen LogP contribution in [0.2, 0.25) is 0 Å². The predicted molar refractivity (Wildman–Crippen MR) is 108 cm³/mol. The van der Waals surface area contributed by atoms with Crippen molar-refractivity contribution in [3.8, 4) is 0 Å². The van der Waals surface area contributed by atoms with Crippen LogP contribution >= 0.6 is 0 Å². The first kappa shape index (κ1) is 21.0. The molecule has 4 atom stereocenters. The van der Waals surface area contributed by atoms with E-state index in [0.717, 1.165) is 16.8 Å². The SMILES string of the molecule is CCOC(=O)C1=C(C)N=C2C[C@@H](C)[C@@H](C(=O)OC)C(=O)[C@H]2[C@@H]1c1ccccc1C.